The zero-order valence-corrected chi connectivity index (χ0v) is 9.91. The van der Waals surface area contributed by atoms with Gasteiger partial charge >= 0.3 is 7.60 Å². The van der Waals surface area contributed by atoms with Gasteiger partial charge in [-0.2, -0.15) is 0 Å². The monoisotopic (exact) mass is 223 g/mol. The topological polar surface area (TPSA) is 78.6 Å². The molecule has 0 bridgehead atoms. The van der Waals surface area contributed by atoms with Crippen LogP contribution in [-0.4, -0.2) is 31.7 Å². The standard InChI is InChI=1S/C8H18NO4P/c1-5-7(9)8(6(2)10)14(11,12-3)13-4/h7-8H,5,9H2,1-4H3. The van der Waals surface area contributed by atoms with Gasteiger partial charge in [-0.05, 0) is 13.3 Å². The average molecular weight is 223 g/mol. The molecule has 0 aromatic heterocycles. The van der Waals surface area contributed by atoms with E-state index in [-0.39, 0.29) is 5.78 Å². The Labute approximate surface area is 84.5 Å². The van der Waals surface area contributed by atoms with Crippen LogP contribution in [0.25, 0.3) is 0 Å². The molecule has 0 aliphatic heterocycles. The third-order valence-corrected chi connectivity index (χ3v) is 4.59. The highest BCUT2D eigenvalue weighted by Crippen LogP contribution is 2.53. The number of rotatable bonds is 6. The van der Waals surface area contributed by atoms with Crippen LogP contribution in [0.3, 0.4) is 0 Å². The lowest BCUT2D eigenvalue weighted by Crippen LogP contribution is -2.39. The summed E-state index contributed by atoms with van der Waals surface area (Å²) in [5.41, 5.74) is 4.83. The van der Waals surface area contributed by atoms with Crippen molar-refractivity contribution < 1.29 is 18.4 Å². The Morgan fingerprint density at radius 2 is 1.86 bits per heavy atom. The molecule has 84 valence electrons. The van der Waals surface area contributed by atoms with Gasteiger partial charge in [0.1, 0.15) is 11.4 Å². The molecule has 5 nitrogen and oxygen atoms in total. The summed E-state index contributed by atoms with van der Waals surface area (Å²) in [5.74, 6) is -0.272. The molecule has 0 rings (SSSR count). The molecule has 0 aromatic carbocycles. The fraction of sp³-hybridized carbons (Fsp3) is 0.875. The van der Waals surface area contributed by atoms with Gasteiger partial charge in [0.25, 0.3) is 0 Å². The van der Waals surface area contributed by atoms with E-state index in [1.165, 1.54) is 21.1 Å². The highest BCUT2D eigenvalue weighted by atomic mass is 31.2. The van der Waals surface area contributed by atoms with Crippen LogP contribution in [0.15, 0.2) is 0 Å². The molecular formula is C8H18NO4P. The molecule has 2 unspecified atom stereocenters. The maximum absolute atomic E-state index is 11.9. The third kappa shape index (κ3) is 2.89. The fourth-order valence-corrected chi connectivity index (χ4v) is 3.01. The van der Waals surface area contributed by atoms with Gasteiger partial charge in [0.2, 0.25) is 0 Å². The number of carbonyl (C=O) groups excluding carboxylic acids is 1. The second-order valence-electron chi connectivity index (χ2n) is 3.03. The van der Waals surface area contributed by atoms with Crippen LogP contribution < -0.4 is 5.73 Å². The Morgan fingerprint density at radius 3 is 2.07 bits per heavy atom. The summed E-state index contributed by atoms with van der Waals surface area (Å²) >= 11 is 0. The molecular weight excluding hydrogens is 205 g/mol. The van der Waals surface area contributed by atoms with Crippen LogP contribution >= 0.6 is 7.60 Å². The van der Waals surface area contributed by atoms with E-state index in [1.54, 1.807) is 0 Å². The van der Waals surface area contributed by atoms with Crippen LogP contribution in [-0.2, 0) is 18.4 Å². The quantitative estimate of drug-likeness (QED) is 0.684. The van der Waals surface area contributed by atoms with E-state index < -0.39 is 19.3 Å². The van der Waals surface area contributed by atoms with E-state index in [2.05, 4.69) is 0 Å². The minimum Gasteiger partial charge on any atom is -0.326 e. The molecule has 0 amide bonds. The maximum Gasteiger partial charge on any atom is 0.342 e. The van der Waals surface area contributed by atoms with Gasteiger partial charge in [-0.3, -0.25) is 9.36 Å². The first kappa shape index (κ1) is 13.8. The Morgan fingerprint density at radius 1 is 1.43 bits per heavy atom. The van der Waals surface area contributed by atoms with Crippen molar-refractivity contribution in [1.29, 1.82) is 0 Å². The minimum absolute atomic E-state index is 0.272. The van der Waals surface area contributed by atoms with Crippen molar-refractivity contribution in [1.82, 2.24) is 0 Å². The summed E-state index contributed by atoms with van der Waals surface area (Å²) in [5, 5.41) is 0. The summed E-state index contributed by atoms with van der Waals surface area (Å²) in [6, 6.07) is -0.502. The first-order valence-corrected chi connectivity index (χ1v) is 6.01. The van der Waals surface area contributed by atoms with Crippen molar-refractivity contribution in [2.75, 3.05) is 14.2 Å². The largest absolute Gasteiger partial charge is 0.342 e. The van der Waals surface area contributed by atoms with Crippen molar-refractivity contribution in [3.8, 4) is 0 Å². The number of carbonyl (C=O) groups is 1. The summed E-state index contributed by atoms with van der Waals surface area (Å²) in [6.45, 7) is 3.15. The van der Waals surface area contributed by atoms with E-state index >= 15 is 0 Å². The van der Waals surface area contributed by atoms with Crippen molar-refractivity contribution in [3.05, 3.63) is 0 Å². The predicted octanol–water partition coefficient (Wildman–Crippen LogP) is 1.17. The molecule has 0 heterocycles. The van der Waals surface area contributed by atoms with Crippen molar-refractivity contribution in [2.45, 2.75) is 32.0 Å². The number of Topliss-reactive ketones (excluding diaryl/α,β-unsaturated/α-hetero) is 1. The second kappa shape index (κ2) is 5.61. The molecule has 2 N–H and O–H groups in total. The smallest absolute Gasteiger partial charge is 0.326 e. The lowest BCUT2D eigenvalue weighted by Gasteiger charge is -2.26. The first-order chi connectivity index (χ1) is 6.42. The summed E-state index contributed by atoms with van der Waals surface area (Å²) in [7, 11) is -0.889. The molecule has 2 atom stereocenters. The Bertz CT molecular complexity index is 235. The zero-order chi connectivity index (χ0) is 11.4. The molecule has 0 radical (unpaired) electrons. The maximum atomic E-state index is 11.9. The zero-order valence-electron chi connectivity index (χ0n) is 9.02. The normalized spacial score (nSPS) is 16.4. The van der Waals surface area contributed by atoms with E-state index in [1.807, 2.05) is 6.92 Å². The SMILES string of the molecule is CCC(N)C(C(C)=O)P(=O)(OC)OC. The lowest BCUT2D eigenvalue weighted by molar-refractivity contribution is -0.117. The van der Waals surface area contributed by atoms with Crippen LogP contribution in [0, 0.1) is 0 Å². The molecule has 0 saturated heterocycles. The number of ketones is 1. The molecule has 0 saturated carbocycles. The number of hydrogen-bond donors (Lipinski definition) is 1. The van der Waals surface area contributed by atoms with Gasteiger partial charge in [-0.15, -0.1) is 0 Å². The fourth-order valence-electron chi connectivity index (χ4n) is 1.28. The molecule has 0 fully saturated rings. The average Bonchev–Trinajstić information content (AvgIpc) is 2.16. The summed E-state index contributed by atoms with van der Waals surface area (Å²) < 4.78 is 21.5. The van der Waals surface area contributed by atoms with Gasteiger partial charge in [0.05, 0.1) is 0 Å². The molecule has 0 aliphatic rings. The minimum atomic E-state index is -3.39. The van der Waals surface area contributed by atoms with E-state index in [0.717, 1.165) is 0 Å². The van der Waals surface area contributed by atoms with Crippen LogP contribution in [0.2, 0.25) is 0 Å². The number of nitrogens with two attached hydrogens (primary N) is 1. The predicted molar refractivity (Wildman–Crippen MR) is 54.4 cm³/mol. The second-order valence-corrected chi connectivity index (χ2v) is 5.40. The molecule has 0 aliphatic carbocycles. The Kier molecular flexibility index (Phi) is 5.52. The van der Waals surface area contributed by atoms with E-state index in [9.17, 15) is 9.36 Å². The van der Waals surface area contributed by atoms with Crippen LogP contribution in [0.1, 0.15) is 20.3 Å². The molecule has 0 spiro atoms. The summed E-state index contributed by atoms with van der Waals surface area (Å²) in [4.78, 5) is 11.3. The molecule has 6 heteroatoms. The van der Waals surface area contributed by atoms with E-state index in [0.29, 0.717) is 6.42 Å². The van der Waals surface area contributed by atoms with Gasteiger partial charge in [0.15, 0.2) is 0 Å². The molecule has 0 aromatic rings. The van der Waals surface area contributed by atoms with Crippen molar-refractivity contribution in [3.63, 3.8) is 0 Å². The Balaban J connectivity index is 4.99. The molecule has 14 heavy (non-hydrogen) atoms. The first-order valence-electron chi connectivity index (χ1n) is 4.40. The summed E-state index contributed by atoms with van der Waals surface area (Å²) in [6.07, 6.45) is 0.543. The van der Waals surface area contributed by atoms with Crippen LogP contribution in [0.5, 0.6) is 0 Å². The van der Waals surface area contributed by atoms with Crippen LogP contribution in [0.4, 0.5) is 0 Å². The Hall–Kier alpha value is -0.220. The highest BCUT2D eigenvalue weighted by molar-refractivity contribution is 7.55. The van der Waals surface area contributed by atoms with Gasteiger partial charge in [0, 0.05) is 20.3 Å². The third-order valence-electron chi connectivity index (χ3n) is 2.14. The number of hydrogen-bond acceptors (Lipinski definition) is 5. The highest BCUT2D eigenvalue weighted by Gasteiger charge is 2.41. The van der Waals surface area contributed by atoms with Gasteiger partial charge in [-0.25, -0.2) is 0 Å². The van der Waals surface area contributed by atoms with Gasteiger partial charge in [-0.1, -0.05) is 6.92 Å². The van der Waals surface area contributed by atoms with Gasteiger partial charge < -0.3 is 14.8 Å². The van der Waals surface area contributed by atoms with E-state index in [4.69, 9.17) is 14.8 Å². The van der Waals surface area contributed by atoms with Crippen molar-refractivity contribution >= 4 is 13.4 Å². The van der Waals surface area contributed by atoms with Crippen molar-refractivity contribution in [2.24, 2.45) is 5.73 Å². The lowest BCUT2D eigenvalue weighted by atomic mass is 10.1.